The lowest BCUT2D eigenvalue weighted by Gasteiger charge is -2.41. The summed E-state index contributed by atoms with van der Waals surface area (Å²) < 4.78 is 40.7. The van der Waals surface area contributed by atoms with Crippen LogP contribution in [0, 0.1) is 12.7 Å². The highest BCUT2D eigenvalue weighted by atomic mass is 19.3. The van der Waals surface area contributed by atoms with Gasteiger partial charge in [0.25, 0.3) is 18.1 Å². The lowest BCUT2D eigenvalue weighted by atomic mass is 9.92. The van der Waals surface area contributed by atoms with Crippen molar-refractivity contribution >= 4 is 17.5 Å². The molecular weight excluding hydrogens is 427 g/mol. The van der Waals surface area contributed by atoms with Crippen LogP contribution in [0.25, 0.3) is 5.78 Å². The van der Waals surface area contributed by atoms with E-state index in [1.54, 1.807) is 6.92 Å². The van der Waals surface area contributed by atoms with Gasteiger partial charge in [-0.05, 0) is 38.0 Å². The molecule has 0 aliphatic carbocycles. The fourth-order valence-corrected chi connectivity index (χ4v) is 3.94. The molecule has 0 saturated carbocycles. The van der Waals surface area contributed by atoms with Gasteiger partial charge < -0.3 is 14.9 Å². The molecule has 4 heterocycles. The van der Waals surface area contributed by atoms with E-state index in [2.05, 4.69) is 20.1 Å². The molecule has 1 aliphatic heterocycles. The Morgan fingerprint density at radius 1 is 1.34 bits per heavy atom. The summed E-state index contributed by atoms with van der Waals surface area (Å²) in [6.07, 6.45) is -0.616. The molecule has 32 heavy (non-hydrogen) atoms. The first-order valence-corrected chi connectivity index (χ1v) is 10.0. The van der Waals surface area contributed by atoms with Crippen molar-refractivity contribution in [1.29, 1.82) is 0 Å². The number of aromatic nitrogens is 5. The second-order valence-corrected chi connectivity index (χ2v) is 8.02. The normalized spacial score (nSPS) is 19.0. The first-order chi connectivity index (χ1) is 15.1. The zero-order chi connectivity index (χ0) is 23.0. The third kappa shape index (κ3) is 4.35. The number of amides is 1. The van der Waals surface area contributed by atoms with Gasteiger partial charge in [0.2, 0.25) is 5.82 Å². The molecule has 0 unspecified atom stereocenters. The molecule has 170 valence electrons. The van der Waals surface area contributed by atoms with Gasteiger partial charge in [0, 0.05) is 25.8 Å². The first kappa shape index (κ1) is 21.9. The molecule has 3 aromatic heterocycles. The quantitative estimate of drug-likeness (QED) is 0.636. The van der Waals surface area contributed by atoms with Crippen LogP contribution in [-0.4, -0.2) is 72.8 Å². The van der Waals surface area contributed by atoms with E-state index in [0.29, 0.717) is 30.9 Å². The number of hydrogen-bond donors (Lipinski definition) is 1. The van der Waals surface area contributed by atoms with Crippen molar-refractivity contribution in [3.05, 3.63) is 47.4 Å². The number of carbonyl (C=O) groups excluding carboxylic acids is 1. The molecule has 1 amide bonds. The van der Waals surface area contributed by atoms with Crippen LogP contribution in [0.15, 0.2) is 24.4 Å². The molecule has 0 spiro atoms. The van der Waals surface area contributed by atoms with Crippen molar-refractivity contribution in [3.63, 3.8) is 0 Å². The van der Waals surface area contributed by atoms with Gasteiger partial charge in [-0.2, -0.15) is 9.50 Å². The fraction of sp³-hybridized carbons (Fsp3) is 0.450. The maximum Gasteiger partial charge on any atom is 0.293 e. The van der Waals surface area contributed by atoms with Crippen molar-refractivity contribution in [2.24, 2.45) is 0 Å². The fourth-order valence-electron chi connectivity index (χ4n) is 3.94. The zero-order valence-corrected chi connectivity index (χ0v) is 17.5. The predicted octanol–water partition coefficient (Wildman–Crippen LogP) is 2.01. The average Bonchev–Trinajstić information content (AvgIpc) is 3.16. The molecule has 12 heteroatoms. The largest absolute Gasteiger partial charge is 0.386 e. The van der Waals surface area contributed by atoms with Gasteiger partial charge in [-0.3, -0.25) is 4.79 Å². The van der Waals surface area contributed by atoms with Crippen LogP contribution in [0.2, 0.25) is 0 Å². The summed E-state index contributed by atoms with van der Waals surface area (Å²) in [5.74, 6) is -0.933. The first-order valence-electron chi connectivity index (χ1n) is 10.0. The minimum atomic E-state index is -2.81. The van der Waals surface area contributed by atoms with E-state index in [1.807, 2.05) is 4.90 Å². The monoisotopic (exact) mass is 449 g/mol. The topological polar surface area (TPSA) is 99.8 Å². The molecule has 1 fully saturated rings. The number of pyridine rings is 1. The molecule has 4 rings (SSSR count). The number of hydrogen-bond acceptors (Lipinski definition) is 7. The maximum absolute atomic E-state index is 13.3. The molecule has 9 nitrogen and oxygen atoms in total. The van der Waals surface area contributed by atoms with E-state index in [0.717, 1.165) is 10.7 Å². The second kappa shape index (κ2) is 8.34. The molecule has 0 radical (unpaired) electrons. The van der Waals surface area contributed by atoms with Crippen LogP contribution in [-0.2, 0) is 0 Å². The number of nitrogens with zero attached hydrogens (tertiary/aromatic N) is 7. The number of fused-ring (bicyclic) bond motifs is 1. The summed E-state index contributed by atoms with van der Waals surface area (Å²) >= 11 is 0. The van der Waals surface area contributed by atoms with Gasteiger partial charge in [0.15, 0.2) is 0 Å². The van der Waals surface area contributed by atoms with Crippen molar-refractivity contribution < 1.29 is 23.1 Å². The average molecular weight is 449 g/mol. The molecule has 1 saturated heterocycles. The molecule has 1 N–H and O–H groups in total. The number of carbonyl (C=O) groups is 1. The van der Waals surface area contributed by atoms with Crippen LogP contribution < -0.4 is 4.90 Å². The Kier molecular flexibility index (Phi) is 5.71. The van der Waals surface area contributed by atoms with E-state index in [-0.39, 0.29) is 24.7 Å². The lowest BCUT2D eigenvalue weighted by molar-refractivity contribution is -0.000431. The van der Waals surface area contributed by atoms with Crippen LogP contribution in [0.5, 0.6) is 0 Å². The molecule has 3 aromatic rings. The van der Waals surface area contributed by atoms with Crippen LogP contribution in [0.3, 0.4) is 0 Å². The summed E-state index contributed by atoms with van der Waals surface area (Å²) in [7, 11) is 1.48. The Morgan fingerprint density at radius 3 is 2.81 bits per heavy atom. The molecule has 0 aromatic carbocycles. The van der Waals surface area contributed by atoms with Gasteiger partial charge in [-0.15, -0.1) is 5.10 Å². The maximum atomic E-state index is 13.3. The van der Waals surface area contributed by atoms with E-state index < -0.39 is 29.4 Å². The molecule has 0 bridgehead atoms. The smallest absolute Gasteiger partial charge is 0.293 e. The van der Waals surface area contributed by atoms with Gasteiger partial charge in [0.05, 0.1) is 18.3 Å². The Morgan fingerprint density at radius 2 is 2.12 bits per heavy atom. The van der Waals surface area contributed by atoms with E-state index in [9.17, 15) is 23.1 Å². The van der Waals surface area contributed by atoms with E-state index >= 15 is 0 Å². The van der Waals surface area contributed by atoms with Gasteiger partial charge in [-0.25, -0.2) is 23.1 Å². The minimum absolute atomic E-state index is 0.0345. The van der Waals surface area contributed by atoms with Gasteiger partial charge in [-0.1, -0.05) is 0 Å². The van der Waals surface area contributed by atoms with Crippen LogP contribution in [0.1, 0.15) is 41.3 Å². The third-order valence-corrected chi connectivity index (χ3v) is 5.35. The number of piperidine rings is 1. The van der Waals surface area contributed by atoms with Crippen LogP contribution >= 0.6 is 0 Å². The number of likely N-dealkylation sites (N-methyl/N-ethyl adjacent to an activating group) is 1. The highest BCUT2D eigenvalue weighted by Gasteiger charge is 2.36. The van der Waals surface area contributed by atoms with E-state index in [1.165, 1.54) is 30.1 Å². The Hall–Kier alpha value is -3.28. The summed E-state index contributed by atoms with van der Waals surface area (Å²) in [5, 5.41) is 15.0. The van der Waals surface area contributed by atoms with Crippen molar-refractivity contribution in [1.82, 2.24) is 29.5 Å². The van der Waals surface area contributed by atoms with Crippen molar-refractivity contribution in [2.45, 2.75) is 31.8 Å². The van der Waals surface area contributed by atoms with Crippen molar-refractivity contribution in [3.8, 4) is 0 Å². The molecule has 1 atom stereocenters. The van der Waals surface area contributed by atoms with Gasteiger partial charge >= 0.3 is 0 Å². The predicted molar refractivity (Wildman–Crippen MR) is 108 cm³/mol. The standard InChI is InChI=1S/C20H22F3N7O2/c1-12-8-14(16(22)23)30-19(25-12)26-17(27-30)18(31)28(2)10-20(32)6-3-7-29(11-20)15-5-4-13(21)9-24-15/h4-5,8-9,16,32H,3,6-7,10-11H2,1-2H3/t20-/m1/s1. The number of aryl methyl sites for hydroxylation is 1. The third-order valence-electron chi connectivity index (χ3n) is 5.35. The number of aliphatic hydroxyl groups is 1. The van der Waals surface area contributed by atoms with Gasteiger partial charge in [0.1, 0.15) is 17.3 Å². The molecule has 1 aliphatic rings. The number of anilines is 1. The number of alkyl halides is 2. The number of β-amino-alcohol motifs (C(OH)–C–C–N with tert-alkyl or cyclic N) is 1. The Bertz CT molecular complexity index is 1140. The summed E-state index contributed by atoms with van der Waals surface area (Å²) in [6, 6.07) is 4.02. The number of rotatable bonds is 5. The highest BCUT2D eigenvalue weighted by Crippen LogP contribution is 2.26. The second-order valence-electron chi connectivity index (χ2n) is 8.02. The lowest BCUT2D eigenvalue weighted by Crippen LogP contribution is -2.55. The SMILES string of the molecule is Cc1cc(C(F)F)n2nc(C(=O)N(C)C[C@]3(O)CCCN(c4ccc(F)cn4)C3)nc2n1. The number of halogens is 3. The summed E-state index contributed by atoms with van der Waals surface area (Å²) in [4.78, 5) is 28.1. The highest BCUT2D eigenvalue weighted by molar-refractivity contribution is 5.90. The minimum Gasteiger partial charge on any atom is -0.386 e. The summed E-state index contributed by atoms with van der Waals surface area (Å²) in [5.41, 5.74) is -1.32. The zero-order valence-electron chi connectivity index (χ0n) is 17.5. The van der Waals surface area contributed by atoms with Crippen LogP contribution in [0.4, 0.5) is 19.0 Å². The molecular formula is C20H22F3N7O2. The Labute approximate surface area is 181 Å². The van der Waals surface area contributed by atoms with Crippen molar-refractivity contribution in [2.75, 3.05) is 31.6 Å². The Balaban J connectivity index is 1.51. The summed E-state index contributed by atoms with van der Waals surface area (Å²) in [6.45, 7) is 2.34. The van der Waals surface area contributed by atoms with E-state index in [4.69, 9.17) is 0 Å².